The van der Waals surface area contributed by atoms with E-state index >= 15 is 0 Å². The van der Waals surface area contributed by atoms with Gasteiger partial charge in [-0.25, -0.2) is 9.67 Å². The van der Waals surface area contributed by atoms with E-state index in [1.54, 1.807) is 24.5 Å². The number of carbonyl (C=O) groups excluding carboxylic acids is 1. The molecule has 1 aromatic carbocycles. The third-order valence-corrected chi connectivity index (χ3v) is 4.35. The van der Waals surface area contributed by atoms with Crippen LogP contribution < -0.4 is 10.1 Å². The number of ether oxygens (including phenoxy) is 1. The summed E-state index contributed by atoms with van der Waals surface area (Å²) in [7, 11) is 0. The standard InChI is InChI=1S/C20H15F3N6O2/c1-2-17(30)25-11-16-18-14(15-8-10-26-27-15)7-9-24-19(18)29(28-16)12-3-5-13(6-4-12)31-20(21,22)23/h2-10H,1,11H2,(H,25,30)(H,26,27). The van der Waals surface area contributed by atoms with E-state index in [1.807, 2.05) is 0 Å². The van der Waals surface area contributed by atoms with Gasteiger partial charge in [0.05, 0.1) is 29.0 Å². The summed E-state index contributed by atoms with van der Waals surface area (Å²) in [6.45, 7) is 3.51. The van der Waals surface area contributed by atoms with Crippen molar-refractivity contribution in [3.05, 3.63) is 67.1 Å². The molecule has 158 valence electrons. The summed E-state index contributed by atoms with van der Waals surface area (Å²) < 4.78 is 42.7. The lowest BCUT2D eigenvalue weighted by Gasteiger charge is -2.09. The van der Waals surface area contributed by atoms with Crippen LogP contribution in [0.1, 0.15) is 5.69 Å². The van der Waals surface area contributed by atoms with Crippen LogP contribution in [0.3, 0.4) is 0 Å². The number of hydrogen-bond acceptors (Lipinski definition) is 5. The SMILES string of the molecule is C=CC(=O)NCc1nn(-c2ccc(OC(F)(F)F)cc2)c2nccc(-c3cc[nH]n3)c12. The van der Waals surface area contributed by atoms with E-state index in [1.165, 1.54) is 28.9 Å². The summed E-state index contributed by atoms with van der Waals surface area (Å²) >= 11 is 0. The smallest absolute Gasteiger partial charge is 0.406 e. The minimum Gasteiger partial charge on any atom is -0.406 e. The molecule has 0 radical (unpaired) electrons. The number of halogens is 3. The Kier molecular flexibility index (Phi) is 5.15. The average Bonchev–Trinajstić information content (AvgIpc) is 3.40. The van der Waals surface area contributed by atoms with Crippen LogP contribution in [0.25, 0.3) is 28.0 Å². The number of aromatic nitrogens is 5. The van der Waals surface area contributed by atoms with Crippen LogP contribution >= 0.6 is 0 Å². The normalized spacial score (nSPS) is 11.5. The van der Waals surface area contributed by atoms with Gasteiger partial charge in [0.2, 0.25) is 5.91 Å². The molecule has 2 N–H and O–H groups in total. The van der Waals surface area contributed by atoms with E-state index in [0.29, 0.717) is 28.1 Å². The fourth-order valence-electron chi connectivity index (χ4n) is 3.07. The number of nitrogens with one attached hydrogen (secondary N) is 2. The molecule has 11 heteroatoms. The summed E-state index contributed by atoms with van der Waals surface area (Å²) in [5.74, 6) is -0.724. The second-order valence-corrected chi connectivity index (χ2v) is 6.34. The molecule has 3 aromatic heterocycles. The molecule has 0 fully saturated rings. The van der Waals surface area contributed by atoms with Gasteiger partial charge < -0.3 is 10.1 Å². The highest BCUT2D eigenvalue weighted by Gasteiger charge is 2.31. The Morgan fingerprint density at radius 3 is 2.65 bits per heavy atom. The van der Waals surface area contributed by atoms with E-state index in [0.717, 1.165) is 11.6 Å². The summed E-state index contributed by atoms with van der Waals surface area (Å²) in [6, 6.07) is 8.79. The first-order valence-electron chi connectivity index (χ1n) is 8.99. The maximum Gasteiger partial charge on any atom is 0.573 e. The van der Waals surface area contributed by atoms with Crippen LogP contribution in [-0.2, 0) is 11.3 Å². The Balaban J connectivity index is 1.81. The molecule has 0 aliphatic rings. The molecule has 0 saturated carbocycles. The molecule has 8 nitrogen and oxygen atoms in total. The van der Waals surface area contributed by atoms with Gasteiger partial charge in [0.25, 0.3) is 0 Å². The molecule has 0 aliphatic heterocycles. The first-order valence-corrected chi connectivity index (χ1v) is 8.99. The quantitative estimate of drug-likeness (QED) is 0.458. The Labute approximate surface area is 173 Å². The monoisotopic (exact) mass is 428 g/mol. The van der Waals surface area contributed by atoms with Crippen molar-refractivity contribution in [1.82, 2.24) is 30.3 Å². The number of H-pyrrole nitrogens is 1. The summed E-state index contributed by atoms with van der Waals surface area (Å²) in [5, 5.41) is 14.8. The lowest BCUT2D eigenvalue weighted by Crippen LogP contribution is -2.20. The summed E-state index contributed by atoms with van der Waals surface area (Å²) in [6.07, 6.45) is -0.385. The van der Waals surface area contributed by atoms with Gasteiger partial charge in [-0.05, 0) is 42.5 Å². The van der Waals surface area contributed by atoms with Crippen molar-refractivity contribution < 1.29 is 22.7 Å². The van der Waals surface area contributed by atoms with Gasteiger partial charge in [-0.2, -0.15) is 10.2 Å². The molecule has 4 rings (SSSR count). The van der Waals surface area contributed by atoms with E-state index in [9.17, 15) is 18.0 Å². The van der Waals surface area contributed by atoms with E-state index < -0.39 is 6.36 Å². The number of amides is 1. The van der Waals surface area contributed by atoms with Crippen LogP contribution in [-0.4, -0.2) is 37.2 Å². The van der Waals surface area contributed by atoms with E-state index in [4.69, 9.17) is 0 Å². The van der Waals surface area contributed by atoms with E-state index in [-0.39, 0.29) is 18.2 Å². The topological polar surface area (TPSA) is 97.7 Å². The number of nitrogens with zero attached hydrogens (tertiary/aromatic N) is 4. The van der Waals surface area contributed by atoms with Gasteiger partial charge in [0.15, 0.2) is 5.65 Å². The van der Waals surface area contributed by atoms with Crippen LogP contribution in [0.4, 0.5) is 13.2 Å². The van der Waals surface area contributed by atoms with Gasteiger partial charge in [0, 0.05) is 18.0 Å². The zero-order valence-electron chi connectivity index (χ0n) is 15.8. The number of rotatable bonds is 6. The number of fused-ring (bicyclic) bond motifs is 1. The lowest BCUT2D eigenvalue weighted by molar-refractivity contribution is -0.274. The molecule has 0 spiro atoms. The van der Waals surface area contributed by atoms with Gasteiger partial charge >= 0.3 is 6.36 Å². The van der Waals surface area contributed by atoms with Crippen molar-refractivity contribution in [2.75, 3.05) is 0 Å². The molecule has 0 saturated heterocycles. The number of benzene rings is 1. The van der Waals surface area contributed by atoms with Gasteiger partial charge in [-0.15, -0.1) is 13.2 Å². The van der Waals surface area contributed by atoms with Crippen LogP contribution in [0.2, 0.25) is 0 Å². The number of pyridine rings is 1. The Morgan fingerprint density at radius 1 is 1.23 bits per heavy atom. The minimum atomic E-state index is -4.78. The highest BCUT2D eigenvalue weighted by molar-refractivity contribution is 5.95. The Bertz CT molecular complexity index is 1230. The predicted octanol–water partition coefficient (Wildman–Crippen LogP) is 3.51. The maximum atomic E-state index is 12.4. The van der Waals surface area contributed by atoms with Crippen LogP contribution in [0.15, 0.2) is 61.4 Å². The molecule has 0 aliphatic carbocycles. The van der Waals surface area contributed by atoms with Gasteiger partial charge in [0.1, 0.15) is 5.75 Å². The van der Waals surface area contributed by atoms with Crippen molar-refractivity contribution in [3.63, 3.8) is 0 Å². The number of carbonyl (C=O) groups is 1. The summed E-state index contributed by atoms with van der Waals surface area (Å²) in [5.41, 5.74) is 2.81. The van der Waals surface area contributed by atoms with Crippen molar-refractivity contribution in [2.24, 2.45) is 0 Å². The highest BCUT2D eigenvalue weighted by Crippen LogP contribution is 2.31. The molecule has 4 aromatic rings. The molecular weight excluding hydrogens is 413 g/mol. The zero-order chi connectivity index (χ0) is 22.0. The molecular formula is C20H15F3N6O2. The Morgan fingerprint density at radius 2 is 2.00 bits per heavy atom. The lowest BCUT2D eigenvalue weighted by atomic mass is 10.1. The second kappa shape index (κ2) is 7.94. The number of hydrogen-bond donors (Lipinski definition) is 2. The fourth-order valence-corrected chi connectivity index (χ4v) is 3.07. The third-order valence-electron chi connectivity index (χ3n) is 4.35. The zero-order valence-corrected chi connectivity index (χ0v) is 15.8. The average molecular weight is 428 g/mol. The van der Waals surface area contributed by atoms with Gasteiger partial charge in [-0.3, -0.25) is 9.89 Å². The molecule has 0 bridgehead atoms. The van der Waals surface area contributed by atoms with Crippen molar-refractivity contribution in [3.8, 4) is 22.7 Å². The largest absolute Gasteiger partial charge is 0.573 e. The third kappa shape index (κ3) is 4.25. The van der Waals surface area contributed by atoms with Crippen molar-refractivity contribution >= 4 is 16.9 Å². The van der Waals surface area contributed by atoms with Crippen molar-refractivity contribution in [2.45, 2.75) is 12.9 Å². The first-order chi connectivity index (χ1) is 14.9. The van der Waals surface area contributed by atoms with Crippen LogP contribution in [0.5, 0.6) is 5.75 Å². The number of aromatic amines is 1. The maximum absolute atomic E-state index is 12.4. The predicted molar refractivity (Wildman–Crippen MR) is 105 cm³/mol. The van der Waals surface area contributed by atoms with Gasteiger partial charge in [-0.1, -0.05) is 6.58 Å². The molecule has 1 amide bonds. The first kappa shape index (κ1) is 20.1. The highest BCUT2D eigenvalue weighted by atomic mass is 19.4. The fraction of sp³-hybridized carbons (Fsp3) is 0.100. The summed E-state index contributed by atoms with van der Waals surface area (Å²) in [4.78, 5) is 16.1. The second-order valence-electron chi connectivity index (χ2n) is 6.34. The number of alkyl halides is 3. The van der Waals surface area contributed by atoms with E-state index in [2.05, 4.69) is 36.9 Å². The molecule has 0 unspecified atom stereocenters. The minimum absolute atomic E-state index is 0.0900. The molecule has 31 heavy (non-hydrogen) atoms. The molecule has 3 heterocycles. The van der Waals surface area contributed by atoms with Crippen LogP contribution in [0, 0.1) is 0 Å². The molecule has 0 atom stereocenters. The van der Waals surface area contributed by atoms with Crippen molar-refractivity contribution in [1.29, 1.82) is 0 Å². The Hall–Kier alpha value is -4.15.